The summed E-state index contributed by atoms with van der Waals surface area (Å²) < 4.78 is 10.2. The molecule has 5 nitrogen and oxygen atoms in total. The third-order valence-corrected chi connectivity index (χ3v) is 2.21. The van der Waals surface area contributed by atoms with Gasteiger partial charge in [-0.05, 0) is 28.0 Å². The van der Waals surface area contributed by atoms with Gasteiger partial charge in [0.15, 0.2) is 5.76 Å². The lowest BCUT2D eigenvalue weighted by atomic mass is 10.5. The van der Waals surface area contributed by atoms with Crippen molar-refractivity contribution < 1.29 is 14.1 Å². The van der Waals surface area contributed by atoms with E-state index in [1.54, 1.807) is 21.0 Å². The number of aryl methyl sites for hydroxylation is 1. The zero-order chi connectivity index (χ0) is 10.0. The Balaban J connectivity index is 2.75. The van der Waals surface area contributed by atoms with Gasteiger partial charge in [0.2, 0.25) is 0 Å². The Bertz CT molecular complexity index is 322. The molecule has 13 heavy (non-hydrogen) atoms. The molecule has 0 saturated carbocycles. The van der Waals surface area contributed by atoms with E-state index in [2.05, 4.69) is 21.1 Å². The van der Waals surface area contributed by atoms with E-state index in [0.717, 1.165) is 0 Å². The molecule has 0 bridgehead atoms. The highest BCUT2D eigenvalue weighted by Gasteiger charge is 2.15. The summed E-state index contributed by atoms with van der Waals surface area (Å²) in [5, 5.41) is 3.55. The predicted molar refractivity (Wildman–Crippen MR) is 48.7 cm³/mol. The molecule has 0 N–H and O–H groups in total. The highest BCUT2D eigenvalue weighted by molar-refractivity contribution is 9.10. The molecule has 0 fully saturated rings. The third kappa shape index (κ3) is 2.21. The van der Waals surface area contributed by atoms with Crippen LogP contribution in [0.2, 0.25) is 0 Å². The highest BCUT2D eigenvalue weighted by atomic mass is 79.9. The van der Waals surface area contributed by atoms with Crippen LogP contribution in [0, 0.1) is 6.92 Å². The van der Waals surface area contributed by atoms with Crippen LogP contribution in [-0.4, -0.2) is 30.2 Å². The predicted octanol–water partition coefficient (Wildman–Crippen LogP) is 1.81. The maximum Gasteiger partial charge on any atom is 0.416 e. The molecule has 0 unspecified atom stereocenters. The summed E-state index contributed by atoms with van der Waals surface area (Å²) in [7, 11) is 3.17. The van der Waals surface area contributed by atoms with E-state index in [0.29, 0.717) is 10.2 Å². The van der Waals surface area contributed by atoms with Gasteiger partial charge in [-0.15, -0.1) is 0 Å². The molecule has 1 aromatic rings. The van der Waals surface area contributed by atoms with Gasteiger partial charge in [0.05, 0.1) is 0 Å². The largest absolute Gasteiger partial charge is 0.416 e. The number of carbonyl (C=O) groups is 1. The number of aromatic nitrogens is 1. The molecule has 0 saturated heterocycles. The van der Waals surface area contributed by atoms with Crippen LogP contribution in [0.3, 0.4) is 0 Å². The van der Waals surface area contributed by atoms with Gasteiger partial charge >= 0.3 is 6.09 Å². The molecule has 1 heterocycles. The topological polar surface area (TPSA) is 55.6 Å². The minimum absolute atomic E-state index is 0.149. The van der Waals surface area contributed by atoms with Crippen molar-refractivity contribution in [1.29, 1.82) is 0 Å². The fourth-order valence-electron chi connectivity index (χ4n) is 0.578. The minimum Gasteiger partial charge on any atom is -0.386 e. The molecular weight excluding hydrogens is 240 g/mol. The van der Waals surface area contributed by atoms with Crippen molar-refractivity contribution >= 4 is 22.0 Å². The Kier molecular flexibility index (Phi) is 2.92. The molecule has 6 heteroatoms. The Hall–Kier alpha value is -1.04. The Morgan fingerprint density at radius 1 is 1.62 bits per heavy atom. The van der Waals surface area contributed by atoms with Gasteiger partial charge in [-0.25, -0.2) is 4.79 Å². The van der Waals surface area contributed by atoms with Crippen molar-refractivity contribution in [3.63, 3.8) is 0 Å². The molecule has 0 aliphatic carbocycles. The number of carbonyl (C=O) groups excluding carboxylic acids is 1. The molecular formula is C7H9BrN2O3. The summed E-state index contributed by atoms with van der Waals surface area (Å²) in [6.45, 7) is 1.71. The fraction of sp³-hybridized carbons (Fsp3) is 0.429. The zero-order valence-electron chi connectivity index (χ0n) is 7.50. The number of hydrogen-bond acceptors (Lipinski definition) is 4. The van der Waals surface area contributed by atoms with Gasteiger partial charge < -0.3 is 14.2 Å². The van der Waals surface area contributed by atoms with Crippen molar-refractivity contribution in [2.45, 2.75) is 6.92 Å². The number of amides is 1. The number of hydrogen-bond donors (Lipinski definition) is 0. The van der Waals surface area contributed by atoms with Crippen molar-refractivity contribution in [2.75, 3.05) is 14.1 Å². The number of halogens is 1. The second kappa shape index (κ2) is 3.78. The summed E-state index contributed by atoms with van der Waals surface area (Å²) in [6, 6.07) is 0. The first kappa shape index (κ1) is 10.0. The van der Waals surface area contributed by atoms with Crippen molar-refractivity contribution in [2.24, 2.45) is 0 Å². The molecule has 0 aliphatic heterocycles. The average Bonchev–Trinajstić information content (AvgIpc) is 2.36. The van der Waals surface area contributed by atoms with Crippen molar-refractivity contribution in [3.05, 3.63) is 10.2 Å². The van der Waals surface area contributed by atoms with Crippen LogP contribution in [0.5, 0.6) is 5.88 Å². The summed E-state index contributed by atoms with van der Waals surface area (Å²) in [5.41, 5.74) is 0. The lowest BCUT2D eigenvalue weighted by Crippen LogP contribution is -2.25. The summed E-state index contributed by atoms with van der Waals surface area (Å²) in [5.74, 6) is 0.720. The monoisotopic (exact) mass is 248 g/mol. The molecule has 1 amide bonds. The lowest BCUT2D eigenvalue weighted by molar-refractivity contribution is 0.167. The van der Waals surface area contributed by atoms with Gasteiger partial charge in [0, 0.05) is 14.1 Å². The van der Waals surface area contributed by atoms with Crippen LogP contribution in [0.1, 0.15) is 5.76 Å². The van der Waals surface area contributed by atoms with Crippen molar-refractivity contribution in [3.8, 4) is 5.88 Å². The van der Waals surface area contributed by atoms with Crippen LogP contribution in [0.4, 0.5) is 4.79 Å². The Labute approximate surface area is 83.8 Å². The molecule has 72 valence electrons. The van der Waals surface area contributed by atoms with Crippen LogP contribution in [-0.2, 0) is 0 Å². The molecule has 0 aromatic carbocycles. The standard InChI is InChI=1S/C7H9BrN2O3/c1-4-5(8)6(9-13-4)12-7(11)10(2)3/h1-3H3. The first-order valence-corrected chi connectivity index (χ1v) is 4.32. The maximum absolute atomic E-state index is 11.1. The van der Waals surface area contributed by atoms with Gasteiger partial charge in [-0.3, -0.25) is 0 Å². The van der Waals surface area contributed by atoms with E-state index in [9.17, 15) is 4.79 Å². The number of ether oxygens (including phenoxy) is 1. The normalized spacial score (nSPS) is 9.85. The summed E-state index contributed by atoms with van der Waals surface area (Å²) in [6.07, 6.45) is -0.492. The molecule has 1 rings (SSSR count). The lowest BCUT2D eigenvalue weighted by Gasteiger charge is -2.07. The van der Waals surface area contributed by atoms with Gasteiger partial charge in [0.1, 0.15) is 4.47 Å². The molecule has 0 spiro atoms. The van der Waals surface area contributed by atoms with Crippen molar-refractivity contribution in [1.82, 2.24) is 10.1 Å². The van der Waals surface area contributed by atoms with Crippen LogP contribution in [0.25, 0.3) is 0 Å². The van der Waals surface area contributed by atoms with E-state index in [4.69, 9.17) is 9.26 Å². The van der Waals surface area contributed by atoms with E-state index in [-0.39, 0.29) is 5.88 Å². The van der Waals surface area contributed by atoms with Gasteiger partial charge in [-0.1, -0.05) is 0 Å². The average molecular weight is 249 g/mol. The first-order chi connectivity index (χ1) is 6.02. The Morgan fingerprint density at radius 2 is 2.23 bits per heavy atom. The quantitative estimate of drug-likeness (QED) is 0.761. The number of rotatable bonds is 1. The van der Waals surface area contributed by atoms with Gasteiger partial charge in [0.25, 0.3) is 5.88 Å². The fourth-order valence-corrected chi connectivity index (χ4v) is 0.804. The van der Waals surface area contributed by atoms with Crippen LogP contribution < -0.4 is 4.74 Å². The molecule has 0 radical (unpaired) electrons. The molecule has 0 atom stereocenters. The molecule has 1 aromatic heterocycles. The highest BCUT2D eigenvalue weighted by Crippen LogP contribution is 2.27. The van der Waals surface area contributed by atoms with Gasteiger partial charge in [-0.2, -0.15) is 0 Å². The molecule has 0 aliphatic rings. The summed E-state index contributed by atoms with van der Waals surface area (Å²) in [4.78, 5) is 12.4. The van der Waals surface area contributed by atoms with E-state index < -0.39 is 6.09 Å². The second-order valence-corrected chi connectivity index (χ2v) is 3.41. The van der Waals surface area contributed by atoms with E-state index >= 15 is 0 Å². The first-order valence-electron chi connectivity index (χ1n) is 3.53. The Morgan fingerprint density at radius 3 is 2.62 bits per heavy atom. The number of nitrogens with zero attached hydrogens (tertiary/aromatic N) is 2. The second-order valence-electron chi connectivity index (χ2n) is 2.62. The maximum atomic E-state index is 11.1. The third-order valence-electron chi connectivity index (χ3n) is 1.31. The van der Waals surface area contributed by atoms with E-state index in [1.807, 2.05) is 0 Å². The smallest absolute Gasteiger partial charge is 0.386 e. The van der Waals surface area contributed by atoms with E-state index in [1.165, 1.54) is 4.90 Å². The zero-order valence-corrected chi connectivity index (χ0v) is 9.08. The summed E-state index contributed by atoms with van der Waals surface area (Å²) >= 11 is 3.18. The SMILES string of the molecule is Cc1onc(OC(=O)N(C)C)c1Br. The minimum atomic E-state index is -0.492. The van der Waals surface area contributed by atoms with Crippen LogP contribution in [0.15, 0.2) is 9.00 Å². The van der Waals surface area contributed by atoms with Crippen LogP contribution >= 0.6 is 15.9 Å².